The number of hydrogen-bond acceptors (Lipinski definition) is 6. The van der Waals surface area contributed by atoms with Crippen LogP contribution in [0.4, 0.5) is 0 Å². The molecule has 0 N–H and O–H groups in total. The molecule has 0 amide bonds. The third-order valence-electron chi connectivity index (χ3n) is 15.6. The number of carbonyl (C=O) groups is 2. The van der Waals surface area contributed by atoms with Crippen molar-refractivity contribution >= 4 is 11.9 Å². The number of ether oxygens (including phenoxy) is 2. The zero-order chi connectivity index (χ0) is 52.1. The molecule has 422 valence electrons. The molecule has 0 saturated carbocycles. The Morgan fingerprint density at radius 1 is 0.444 bits per heavy atom. The first-order valence-corrected chi connectivity index (χ1v) is 32.1. The second-order valence-electron chi connectivity index (χ2n) is 22.5. The third kappa shape index (κ3) is 44.2. The first-order chi connectivity index (χ1) is 35.5. The molecular weight excluding hydrogens is 887 g/mol. The Morgan fingerprint density at radius 3 is 1.28 bits per heavy atom. The lowest BCUT2D eigenvalue weighted by molar-refractivity contribution is -0.146. The molecule has 0 aliphatic rings. The molecule has 0 fully saturated rings. The van der Waals surface area contributed by atoms with Crippen LogP contribution in [0.1, 0.15) is 324 Å². The van der Waals surface area contributed by atoms with Crippen molar-refractivity contribution in [3.05, 3.63) is 30.9 Å². The van der Waals surface area contributed by atoms with Crippen LogP contribution in [0.15, 0.2) is 30.9 Å². The summed E-state index contributed by atoms with van der Waals surface area (Å²) >= 11 is 0. The van der Waals surface area contributed by atoms with E-state index in [9.17, 15) is 9.59 Å². The Kier molecular flexibility index (Phi) is 50.6. The maximum Gasteiger partial charge on any atom is 0.305 e. The predicted molar refractivity (Wildman–Crippen MR) is 312 cm³/mol. The van der Waals surface area contributed by atoms with Crippen LogP contribution >= 0.6 is 0 Å². The van der Waals surface area contributed by atoms with Gasteiger partial charge in [0.2, 0.25) is 0 Å². The molecule has 2 unspecified atom stereocenters. The van der Waals surface area contributed by atoms with Crippen molar-refractivity contribution in [2.24, 2.45) is 11.8 Å². The molecule has 0 aliphatic heterocycles. The first kappa shape index (κ1) is 67.9. The van der Waals surface area contributed by atoms with E-state index in [1.807, 2.05) is 12.5 Å². The van der Waals surface area contributed by atoms with Crippen LogP contribution in [-0.4, -0.2) is 58.7 Å². The molecule has 0 bridgehead atoms. The molecule has 0 spiro atoms. The number of aryl methyl sites for hydroxylation is 1. The average molecular weight is 1010 g/mol. The summed E-state index contributed by atoms with van der Waals surface area (Å²) in [4.78, 5) is 32.6. The van der Waals surface area contributed by atoms with Gasteiger partial charge in [-0.15, -0.1) is 0 Å². The van der Waals surface area contributed by atoms with E-state index in [-0.39, 0.29) is 11.9 Å². The number of imidazole rings is 1. The normalized spacial score (nSPS) is 13.1. The first-order valence-electron chi connectivity index (χ1n) is 32.1. The maximum absolute atomic E-state index is 12.7. The van der Waals surface area contributed by atoms with Gasteiger partial charge in [0.05, 0.1) is 19.5 Å². The minimum atomic E-state index is 0.0202. The van der Waals surface area contributed by atoms with Crippen LogP contribution in [-0.2, 0) is 25.6 Å². The van der Waals surface area contributed by atoms with Crippen LogP contribution < -0.4 is 0 Å². The lowest BCUT2D eigenvalue weighted by Crippen LogP contribution is -2.37. The third-order valence-corrected chi connectivity index (χ3v) is 15.6. The molecule has 7 heteroatoms. The molecule has 0 radical (unpaired) electrons. The van der Waals surface area contributed by atoms with E-state index in [2.05, 4.69) is 67.4 Å². The molecule has 1 aromatic rings. The van der Waals surface area contributed by atoms with Gasteiger partial charge in [-0.05, 0) is 108 Å². The molecule has 0 aromatic carbocycles. The topological polar surface area (TPSA) is 73.7 Å². The number of unbranched alkanes of at least 4 members (excludes halogenated alkanes) is 28. The van der Waals surface area contributed by atoms with Gasteiger partial charge in [-0.1, -0.05) is 233 Å². The highest BCUT2D eigenvalue weighted by Gasteiger charge is 2.19. The van der Waals surface area contributed by atoms with Crippen LogP contribution in [0, 0.1) is 11.8 Å². The number of esters is 2. The Bertz CT molecular complexity index is 1230. The summed E-state index contributed by atoms with van der Waals surface area (Å²) in [5.74, 6) is 1.12. The van der Waals surface area contributed by atoms with Crippen molar-refractivity contribution in [1.29, 1.82) is 0 Å². The number of allylic oxidation sites excluding steroid dienone is 2. The summed E-state index contributed by atoms with van der Waals surface area (Å²) in [6.07, 6.45) is 66.1. The molecule has 7 nitrogen and oxygen atoms in total. The summed E-state index contributed by atoms with van der Waals surface area (Å²) in [5.41, 5.74) is 0. The van der Waals surface area contributed by atoms with Crippen LogP contribution in [0.5, 0.6) is 0 Å². The highest BCUT2D eigenvalue weighted by Crippen LogP contribution is 2.23. The molecule has 1 aromatic heterocycles. The Hall–Kier alpha value is -2.15. The molecule has 0 aliphatic carbocycles. The quantitative estimate of drug-likeness (QED) is 0.0368. The molecule has 1 rings (SSSR count). The fraction of sp³-hybridized carbons (Fsp3) is 0.892. The maximum atomic E-state index is 12.7. The van der Waals surface area contributed by atoms with Gasteiger partial charge in [0.25, 0.3) is 0 Å². The van der Waals surface area contributed by atoms with E-state index in [1.165, 1.54) is 257 Å². The summed E-state index contributed by atoms with van der Waals surface area (Å²) in [5, 5.41) is 0. The number of rotatable bonds is 57. The molecule has 72 heavy (non-hydrogen) atoms. The average Bonchev–Trinajstić information content (AvgIpc) is 3.91. The number of aromatic nitrogens is 2. The van der Waals surface area contributed by atoms with Crippen molar-refractivity contribution in [3.8, 4) is 0 Å². The number of hydrogen-bond donors (Lipinski definition) is 0. The second-order valence-corrected chi connectivity index (χ2v) is 22.5. The van der Waals surface area contributed by atoms with E-state index in [4.69, 9.17) is 9.47 Å². The van der Waals surface area contributed by atoms with Gasteiger partial charge >= 0.3 is 11.9 Å². The summed E-state index contributed by atoms with van der Waals surface area (Å²) < 4.78 is 13.9. The van der Waals surface area contributed by atoms with Crippen molar-refractivity contribution in [3.63, 3.8) is 0 Å². The monoisotopic (exact) mass is 1010 g/mol. The fourth-order valence-electron chi connectivity index (χ4n) is 10.7. The van der Waals surface area contributed by atoms with Gasteiger partial charge < -0.3 is 18.9 Å². The fourth-order valence-corrected chi connectivity index (χ4v) is 10.7. The van der Waals surface area contributed by atoms with Crippen LogP contribution in [0.25, 0.3) is 0 Å². The number of nitrogens with zero attached hydrogens (tertiary/aromatic N) is 3. The lowest BCUT2D eigenvalue weighted by atomic mass is 9.96. The van der Waals surface area contributed by atoms with Crippen molar-refractivity contribution in [2.45, 2.75) is 336 Å². The van der Waals surface area contributed by atoms with E-state index in [0.717, 1.165) is 38.8 Å². The van der Waals surface area contributed by atoms with Gasteiger partial charge in [0.15, 0.2) is 0 Å². The number of carbonyl (C=O) groups excluding carboxylic acids is 2. The molecule has 1 heterocycles. The Balaban J connectivity index is 2.65. The minimum absolute atomic E-state index is 0.0202. The van der Waals surface area contributed by atoms with Gasteiger partial charge in [0.1, 0.15) is 0 Å². The summed E-state index contributed by atoms with van der Waals surface area (Å²) in [6.45, 7) is 16.0. The van der Waals surface area contributed by atoms with Crippen LogP contribution in [0.3, 0.4) is 0 Å². The highest BCUT2D eigenvalue weighted by molar-refractivity contribution is 5.69. The molecule has 2 atom stereocenters. The Morgan fingerprint density at radius 2 is 0.819 bits per heavy atom. The smallest absolute Gasteiger partial charge is 0.305 e. The van der Waals surface area contributed by atoms with E-state index in [0.29, 0.717) is 43.9 Å². The SMILES string of the molecule is CCCCCC/C=C\CCCCCCCCN(CCCn1ccnc1)C(CCCCCCCCC(=O)OCC(CCCC)CCCCCC)CCCCCCCCC(=O)OCC(CCCC)CCCCCC. The zero-order valence-electron chi connectivity index (χ0n) is 48.9. The standard InChI is InChI=1S/C65H123N3O4/c1-6-11-16-19-20-21-22-23-24-25-26-31-36-43-55-68(56-44-54-67-57-53-66-60-67)63(49-39-32-27-29-34-41-51-64(69)71-58-61(45-14-9-4)47-37-17-12-7-2)50-40-33-28-30-35-42-52-65(70)72-59-62(46-15-10-5)48-38-18-13-8-3/h21-22,53,57,60-63H,6-20,23-52,54-56,58-59H2,1-5H3/b22-21-. The van der Waals surface area contributed by atoms with E-state index < -0.39 is 0 Å². The minimum Gasteiger partial charge on any atom is -0.465 e. The van der Waals surface area contributed by atoms with E-state index >= 15 is 0 Å². The van der Waals surface area contributed by atoms with Crippen molar-refractivity contribution < 1.29 is 19.1 Å². The molecule has 0 saturated heterocycles. The highest BCUT2D eigenvalue weighted by atomic mass is 16.5. The van der Waals surface area contributed by atoms with Gasteiger partial charge in [-0.25, -0.2) is 4.98 Å². The van der Waals surface area contributed by atoms with Gasteiger partial charge in [0, 0.05) is 44.4 Å². The predicted octanol–water partition coefficient (Wildman–Crippen LogP) is 20.1. The zero-order valence-corrected chi connectivity index (χ0v) is 48.9. The Labute approximate surface area is 448 Å². The summed E-state index contributed by atoms with van der Waals surface area (Å²) in [7, 11) is 0. The second kappa shape index (κ2) is 53.7. The largest absolute Gasteiger partial charge is 0.465 e. The van der Waals surface area contributed by atoms with Crippen LogP contribution in [0.2, 0.25) is 0 Å². The van der Waals surface area contributed by atoms with Crippen molar-refractivity contribution in [1.82, 2.24) is 14.5 Å². The van der Waals surface area contributed by atoms with Crippen molar-refractivity contribution in [2.75, 3.05) is 26.3 Å². The van der Waals surface area contributed by atoms with Gasteiger partial charge in [-0.3, -0.25) is 9.59 Å². The lowest BCUT2D eigenvalue weighted by Gasteiger charge is -2.32. The summed E-state index contributed by atoms with van der Waals surface area (Å²) in [6, 6.07) is 0.645. The molecular formula is C65H123N3O4. The van der Waals surface area contributed by atoms with E-state index in [1.54, 1.807) is 0 Å². The van der Waals surface area contributed by atoms with Gasteiger partial charge in [-0.2, -0.15) is 0 Å².